The van der Waals surface area contributed by atoms with Crippen LogP contribution in [0.1, 0.15) is 22.3 Å². The van der Waals surface area contributed by atoms with Gasteiger partial charge in [0.2, 0.25) is 5.91 Å². The molecule has 0 aliphatic heterocycles. The molecule has 0 radical (unpaired) electrons. The van der Waals surface area contributed by atoms with E-state index in [1.165, 1.54) is 0 Å². The van der Waals surface area contributed by atoms with Gasteiger partial charge in [0.25, 0.3) is 0 Å². The van der Waals surface area contributed by atoms with Crippen LogP contribution in [0.2, 0.25) is 0 Å². The zero-order valence-electron chi connectivity index (χ0n) is 11.4. The molecule has 0 aliphatic rings. The van der Waals surface area contributed by atoms with Crippen molar-refractivity contribution in [2.45, 2.75) is 12.8 Å². The fourth-order valence-corrected chi connectivity index (χ4v) is 1.88. The molecular weight excluding hydrogens is 254 g/mol. The van der Waals surface area contributed by atoms with E-state index >= 15 is 0 Å². The number of aryl methyl sites for hydroxylation is 1. The van der Waals surface area contributed by atoms with Gasteiger partial charge in [0.15, 0.2) is 5.78 Å². The first kappa shape index (κ1) is 14.0. The second-order valence-corrected chi connectivity index (χ2v) is 4.59. The number of aromatic nitrogens is 2. The van der Waals surface area contributed by atoms with E-state index in [-0.39, 0.29) is 18.1 Å². The summed E-state index contributed by atoms with van der Waals surface area (Å²) in [7, 11) is 1.85. The van der Waals surface area contributed by atoms with Crippen LogP contribution in [0.25, 0.3) is 0 Å². The maximum atomic E-state index is 11.8. The SMILES string of the molecule is Cn1cc(CCNC(=O)CC(=O)c2ccccc2)cn1. The lowest BCUT2D eigenvalue weighted by atomic mass is 10.1. The summed E-state index contributed by atoms with van der Waals surface area (Å²) in [5.41, 5.74) is 1.62. The third-order valence-electron chi connectivity index (χ3n) is 2.91. The van der Waals surface area contributed by atoms with Crippen LogP contribution in [-0.2, 0) is 18.3 Å². The number of Topliss-reactive ketones (excluding diaryl/α,β-unsaturated/α-hetero) is 1. The van der Waals surface area contributed by atoms with Gasteiger partial charge in [0.05, 0.1) is 12.6 Å². The fourth-order valence-electron chi connectivity index (χ4n) is 1.88. The summed E-state index contributed by atoms with van der Waals surface area (Å²) in [6.45, 7) is 0.507. The first-order valence-electron chi connectivity index (χ1n) is 6.47. The van der Waals surface area contributed by atoms with Gasteiger partial charge < -0.3 is 5.32 Å². The average Bonchev–Trinajstić information content (AvgIpc) is 2.85. The molecule has 0 unspecified atom stereocenters. The Morgan fingerprint density at radius 1 is 1.25 bits per heavy atom. The Bertz CT molecular complexity index is 590. The van der Waals surface area contributed by atoms with E-state index in [4.69, 9.17) is 0 Å². The van der Waals surface area contributed by atoms with Gasteiger partial charge in [-0.25, -0.2) is 0 Å². The van der Waals surface area contributed by atoms with Crippen LogP contribution in [0.5, 0.6) is 0 Å². The largest absolute Gasteiger partial charge is 0.355 e. The normalized spacial score (nSPS) is 10.2. The van der Waals surface area contributed by atoms with Crippen molar-refractivity contribution < 1.29 is 9.59 Å². The third kappa shape index (κ3) is 4.05. The minimum atomic E-state index is -0.247. The highest BCUT2D eigenvalue weighted by Gasteiger charge is 2.10. The van der Waals surface area contributed by atoms with Crippen LogP contribution in [0.4, 0.5) is 0 Å². The Morgan fingerprint density at radius 3 is 2.65 bits per heavy atom. The number of nitrogens with zero attached hydrogens (tertiary/aromatic N) is 2. The lowest BCUT2D eigenvalue weighted by molar-refractivity contribution is -0.120. The number of hydrogen-bond donors (Lipinski definition) is 1. The summed E-state index contributed by atoms with van der Waals surface area (Å²) < 4.78 is 1.72. The Labute approximate surface area is 117 Å². The Kier molecular flexibility index (Phi) is 4.65. The summed E-state index contributed by atoms with van der Waals surface area (Å²) in [4.78, 5) is 23.5. The molecule has 0 spiro atoms. The molecule has 0 saturated carbocycles. The van der Waals surface area contributed by atoms with Crippen LogP contribution in [-0.4, -0.2) is 28.0 Å². The van der Waals surface area contributed by atoms with Gasteiger partial charge in [0, 0.05) is 25.4 Å². The molecule has 0 saturated heterocycles. The number of ketones is 1. The van der Waals surface area contributed by atoms with E-state index in [9.17, 15) is 9.59 Å². The van der Waals surface area contributed by atoms with Crippen molar-refractivity contribution in [2.24, 2.45) is 7.05 Å². The van der Waals surface area contributed by atoms with Gasteiger partial charge in [-0.1, -0.05) is 30.3 Å². The molecule has 1 N–H and O–H groups in total. The lowest BCUT2D eigenvalue weighted by Crippen LogP contribution is -2.27. The quantitative estimate of drug-likeness (QED) is 0.637. The van der Waals surface area contributed by atoms with E-state index in [1.54, 1.807) is 35.1 Å². The highest BCUT2D eigenvalue weighted by Crippen LogP contribution is 2.03. The van der Waals surface area contributed by atoms with Gasteiger partial charge in [-0.15, -0.1) is 0 Å². The minimum Gasteiger partial charge on any atom is -0.355 e. The first-order chi connectivity index (χ1) is 9.65. The number of benzene rings is 1. The number of amides is 1. The maximum absolute atomic E-state index is 11.8. The molecule has 5 heteroatoms. The number of rotatable bonds is 6. The molecule has 2 rings (SSSR count). The topological polar surface area (TPSA) is 64.0 Å². The second-order valence-electron chi connectivity index (χ2n) is 4.59. The molecule has 104 valence electrons. The van der Waals surface area contributed by atoms with Crippen molar-refractivity contribution >= 4 is 11.7 Å². The summed E-state index contributed by atoms with van der Waals surface area (Å²) in [5, 5.41) is 6.80. The molecule has 2 aromatic rings. The molecule has 1 aromatic carbocycles. The van der Waals surface area contributed by atoms with E-state index in [0.29, 0.717) is 18.5 Å². The zero-order chi connectivity index (χ0) is 14.4. The van der Waals surface area contributed by atoms with Crippen molar-refractivity contribution in [3.63, 3.8) is 0 Å². The van der Waals surface area contributed by atoms with Crippen LogP contribution in [0.3, 0.4) is 0 Å². The van der Waals surface area contributed by atoms with Crippen LogP contribution < -0.4 is 5.32 Å². The van der Waals surface area contributed by atoms with E-state index in [1.807, 2.05) is 19.3 Å². The standard InChI is InChI=1S/C15H17N3O2/c1-18-11-12(10-17-18)7-8-16-15(20)9-14(19)13-5-3-2-4-6-13/h2-6,10-11H,7-9H2,1H3,(H,16,20). The molecule has 0 atom stereocenters. The number of carbonyl (C=O) groups is 2. The van der Waals surface area contributed by atoms with Gasteiger partial charge in [-0.05, 0) is 12.0 Å². The first-order valence-corrected chi connectivity index (χ1v) is 6.47. The van der Waals surface area contributed by atoms with E-state index < -0.39 is 0 Å². The van der Waals surface area contributed by atoms with Crippen LogP contribution >= 0.6 is 0 Å². The molecule has 0 aliphatic carbocycles. The zero-order valence-corrected chi connectivity index (χ0v) is 11.4. The highest BCUT2D eigenvalue weighted by molar-refractivity contribution is 6.07. The molecule has 1 amide bonds. The molecule has 0 fully saturated rings. The fraction of sp³-hybridized carbons (Fsp3) is 0.267. The number of hydrogen-bond acceptors (Lipinski definition) is 3. The number of carbonyl (C=O) groups excluding carboxylic acids is 2. The maximum Gasteiger partial charge on any atom is 0.227 e. The van der Waals surface area contributed by atoms with Crippen molar-refractivity contribution in [1.82, 2.24) is 15.1 Å². The van der Waals surface area contributed by atoms with Gasteiger partial charge in [-0.2, -0.15) is 5.10 Å². The van der Waals surface area contributed by atoms with Gasteiger partial charge in [0.1, 0.15) is 0 Å². The molecule has 1 aromatic heterocycles. The van der Waals surface area contributed by atoms with Crippen molar-refractivity contribution in [1.29, 1.82) is 0 Å². The summed E-state index contributed by atoms with van der Waals surface area (Å²) in [6.07, 6.45) is 4.26. The average molecular weight is 271 g/mol. The second kappa shape index (κ2) is 6.65. The van der Waals surface area contributed by atoms with E-state index in [0.717, 1.165) is 5.56 Å². The van der Waals surface area contributed by atoms with Crippen molar-refractivity contribution in [3.05, 3.63) is 53.9 Å². The molecular formula is C15H17N3O2. The monoisotopic (exact) mass is 271 g/mol. The Hall–Kier alpha value is -2.43. The summed E-state index contributed by atoms with van der Waals surface area (Å²) in [5.74, 6) is -0.410. The summed E-state index contributed by atoms with van der Waals surface area (Å²) in [6, 6.07) is 8.84. The van der Waals surface area contributed by atoms with E-state index in [2.05, 4.69) is 10.4 Å². The predicted octanol–water partition coefficient (Wildman–Crippen LogP) is 1.35. The Balaban J connectivity index is 1.74. The van der Waals surface area contributed by atoms with Gasteiger partial charge in [-0.3, -0.25) is 14.3 Å². The Morgan fingerprint density at radius 2 is 2.00 bits per heavy atom. The minimum absolute atomic E-state index is 0.114. The van der Waals surface area contributed by atoms with Crippen molar-refractivity contribution in [2.75, 3.05) is 6.54 Å². The smallest absolute Gasteiger partial charge is 0.227 e. The van der Waals surface area contributed by atoms with Gasteiger partial charge >= 0.3 is 0 Å². The molecule has 20 heavy (non-hydrogen) atoms. The van der Waals surface area contributed by atoms with Crippen molar-refractivity contribution in [3.8, 4) is 0 Å². The summed E-state index contributed by atoms with van der Waals surface area (Å²) >= 11 is 0. The van der Waals surface area contributed by atoms with Crippen LogP contribution in [0, 0.1) is 0 Å². The third-order valence-corrected chi connectivity index (χ3v) is 2.91. The highest BCUT2D eigenvalue weighted by atomic mass is 16.2. The number of nitrogens with one attached hydrogen (secondary N) is 1. The molecule has 5 nitrogen and oxygen atoms in total. The predicted molar refractivity (Wildman–Crippen MR) is 75.3 cm³/mol. The van der Waals surface area contributed by atoms with Crippen LogP contribution in [0.15, 0.2) is 42.7 Å². The molecule has 1 heterocycles. The lowest BCUT2D eigenvalue weighted by Gasteiger charge is -2.04. The molecule has 0 bridgehead atoms.